The molecule has 0 spiro atoms. The molecule has 0 aliphatic carbocycles. The lowest BCUT2D eigenvalue weighted by Crippen LogP contribution is -2.36. The maximum atomic E-state index is 13.6. The minimum atomic E-state index is -4.15. The Balaban J connectivity index is 1.72. The lowest BCUT2D eigenvalue weighted by Gasteiger charge is -2.24. The van der Waals surface area contributed by atoms with Crippen molar-refractivity contribution in [2.24, 2.45) is 5.92 Å². The summed E-state index contributed by atoms with van der Waals surface area (Å²) in [6, 6.07) is 8.41. The van der Waals surface area contributed by atoms with Gasteiger partial charge in [-0.2, -0.15) is 5.09 Å². The SMILES string of the molecule is CCCCOC(=O)[C@@H](C)NP(=O)(OC[C@H]1O[C@@H](n2ccc(=O)[nH]c2=O)[C@@H](C)[C@@H]1O)Oc1ccccc1. The summed E-state index contributed by atoms with van der Waals surface area (Å²) in [5.41, 5.74) is -1.25. The van der Waals surface area contributed by atoms with E-state index in [1.165, 1.54) is 19.2 Å². The minimum Gasteiger partial charge on any atom is -0.465 e. The number of hydrogen-bond donors (Lipinski definition) is 3. The molecule has 13 heteroatoms. The normalized spacial score (nSPS) is 24.1. The van der Waals surface area contributed by atoms with Gasteiger partial charge < -0.3 is 19.1 Å². The number of carbonyl (C=O) groups is 1. The number of aliphatic hydroxyl groups excluding tert-OH is 1. The summed E-state index contributed by atoms with van der Waals surface area (Å²) in [5, 5.41) is 13.3. The maximum Gasteiger partial charge on any atom is 0.459 e. The lowest BCUT2D eigenvalue weighted by atomic mass is 10.0. The Labute approximate surface area is 208 Å². The Morgan fingerprint density at radius 3 is 2.67 bits per heavy atom. The smallest absolute Gasteiger partial charge is 0.459 e. The minimum absolute atomic E-state index is 0.234. The molecule has 1 saturated heterocycles. The van der Waals surface area contributed by atoms with Gasteiger partial charge in [0.1, 0.15) is 24.1 Å². The van der Waals surface area contributed by atoms with E-state index in [1.807, 2.05) is 6.92 Å². The van der Waals surface area contributed by atoms with Crippen LogP contribution in [0.4, 0.5) is 0 Å². The number of aromatic amines is 1. The second kappa shape index (κ2) is 12.5. The highest BCUT2D eigenvalue weighted by Gasteiger charge is 2.44. The van der Waals surface area contributed by atoms with Gasteiger partial charge in [-0.25, -0.2) is 9.36 Å². The molecule has 0 amide bonds. The zero-order chi connectivity index (χ0) is 26.3. The number of unbranched alkanes of at least 4 members (excludes halogenated alkanes) is 1. The number of benzene rings is 1. The van der Waals surface area contributed by atoms with Crippen LogP contribution in [0.2, 0.25) is 0 Å². The summed E-state index contributed by atoms with van der Waals surface area (Å²) >= 11 is 0. The van der Waals surface area contributed by atoms with Gasteiger partial charge in [-0.05, 0) is 25.5 Å². The van der Waals surface area contributed by atoms with Crippen LogP contribution in [0.1, 0.15) is 39.8 Å². The van der Waals surface area contributed by atoms with Gasteiger partial charge in [-0.1, -0.05) is 38.5 Å². The Bertz CT molecular complexity index is 1170. The highest BCUT2D eigenvalue weighted by Crippen LogP contribution is 2.46. The summed E-state index contributed by atoms with van der Waals surface area (Å²) in [6.45, 7) is 4.95. The van der Waals surface area contributed by atoms with Crippen LogP contribution in [-0.4, -0.2) is 52.1 Å². The molecule has 2 aromatic rings. The van der Waals surface area contributed by atoms with Crippen molar-refractivity contribution in [2.45, 2.75) is 58.1 Å². The molecule has 1 aliphatic heterocycles. The molecule has 1 aromatic heterocycles. The van der Waals surface area contributed by atoms with Crippen LogP contribution in [0.15, 0.2) is 52.2 Å². The second-order valence-electron chi connectivity index (χ2n) is 8.50. The van der Waals surface area contributed by atoms with Crippen molar-refractivity contribution < 1.29 is 33.0 Å². The van der Waals surface area contributed by atoms with Gasteiger partial charge >= 0.3 is 19.4 Å². The summed E-state index contributed by atoms with van der Waals surface area (Å²) in [5.74, 6) is -0.942. The highest BCUT2D eigenvalue weighted by molar-refractivity contribution is 7.52. The molecule has 2 heterocycles. The molecule has 1 aromatic carbocycles. The number of ether oxygens (including phenoxy) is 2. The lowest BCUT2D eigenvalue weighted by molar-refractivity contribution is -0.145. The molecule has 1 fully saturated rings. The van der Waals surface area contributed by atoms with Crippen LogP contribution in [0, 0.1) is 5.92 Å². The van der Waals surface area contributed by atoms with Gasteiger partial charge in [0.2, 0.25) is 0 Å². The van der Waals surface area contributed by atoms with E-state index >= 15 is 0 Å². The van der Waals surface area contributed by atoms with Gasteiger partial charge in [0.25, 0.3) is 5.56 Å². The number of aliphatic hydroxyl groups is 1. The second-order valence-corrected chi connectivity index (χ2v) is 10.2. The number of H-pyrrole nitrogens is 1. The van der Waals surface area contributed by atoms with Crippen LogP contribution in [0.25, 0.3) is 0 Å². The number of esters is 1. The summed E-state index contributed by atoms with van der Waals surface area (Å²) in [6.07, 6.45) is -0.146. The van der Waals surface area contributed by atoms with Crippen LogP contribution >= 0.6 is 7.75 Å². The number of aromatic nitrogens is 2. The van der Waals surface area contributed by atoms with E-state index in [-0.39, 0.29) is 19.0 Å². The zero-order valence-electron chi connectivity index (χ0n) is 20.4. The molecule has 3 rings (SSSR count). The van der Waals surface area contributed by atoms with Crippen LogP contribution < -0.4 is 20.9 Å². The summed E-state index contributed by atoms with van der Waals surface area (Å²) in [7, 11) is -4.15. The fourth-order valence-corrected chi connectivity index (χ4v) is 5.09. The number of nitrogens with zero attached hydrogens (tertiary/aromatic N) is 1. The fourth-order valence-electron chi connectivity index (χ4n) is 3.59. The third kappa shape index (κ3) is 7.14. The summed E-state index contributed by atoms with van der Waals surface area (Å²) < 4.78 is 37.0. The van der Waals surface area contributed by atoms with Crippen molar-refractivity contribution in [3.63, 3.8) is 0 Å². The molecule has 36 heavy (non-hydrogen) atoms. The van der Waals surface area contributed by atoms with Crippen molar-refractivity contribution in [1.82, 2.24) is 14.6 Å². The van der Waals surface area contributed by atoms with E-state index in [0.717, 1.165) is 11.0 Å². The molecule has 1 aliphatic rings. The molecule has 6 atom stereocenters. The third-order valence-corrected chi connectivity index (χ3v) is 7.28. The van der Waals surface area contributed by atoms with Crippen molar-refractivity contribution in [3.05, 3.63) is 63.4 Å². The number of rotatable bonds is 12. The van der Waals surface area contributed by atoms with E-state index in [2.05, 4.69) is 10.1 Å². The first-order chi connectivity index (χ1) is 17.1. The Hall–Kier alpha value is -2.76. The van der Waals surface area contributed by atoms with E-state index < -0.39 is 55.4 Å². The molecule has 0 saturated carbocycles. The molecule has 198 valence electrons. The predicted molar refractivity (Wildman–Crippen MR) is 129 cm³/mol. The predicted octanol–water partition coefficient (Wildman–Crippen LogP) is 1.96. The Kier molecular flexibility index (Phi) is 9.63. The average Bonchev–Trinajstić information content (AvgIpc) is 3.12. The van der Waals surface area contributed by atoms with Gasteiger partial charge in [-0.3, -0.25) is 23.7 Å². The number of hydrogen-bond acceptors (Lipinski definition) is 9. The first kappa shape index (κ1) is 27.8. The number of para-hydroxylation sites is 1. The monoisotopic (exact) mass is 525 g/mol. The van der Waals surface area contributed by atoms with Gasteiger partial charge in [0.15, 0.2) is 0 Å². The maximum absolute atomic E-state index is 13.6. The van der Waals surface area contributed by atoms with Crippen molar-refractivity contribution in [1.29, 1.82) is 0 Å². The van der Waals surface area contributed by atoms with E-state index in [9.17, 15) is 24.1 Å². The Morgan fingerprint density at radius 2 is 2.00 bits per heavy atom. The molecular formula is C23H32N3O9P. The molecule has 3 N–H and O–H groups in total. The van der Waals surface area contributed by atoms with E-state index in [4.69, 9.17) is 18.5 Å². The van der Waals surface area contributed by atoms with Crippen LogP contribution in [0.3, 0.4) is 0 Å². The quantitative estimate of drug-likeness (QED) is 0.212. The van der Waals surface area contributed by atoms with Crippen LogP contribution in [-0.2, 0) is 23.4 Å². The fraction of sp³-hybridized carbons (Fsp3) is 0.522. The topological polar surface area (TPSA) is 158 Å². The molecule has 12 nitrogen and oxygen atoms in total. The molecule has 0 radical (unpaired) electrons. The largest absolute Gasteiger partial charge is 0.465 e. The van der Waals surface area contributed by atoms with Crippen LogP contribution in [0.5, 0.6) is 5.75 Å². The molecule has 0 bridgehead atoms. The first-order valence-corrected chi connectivity index (χ1v) is 13.3. The van der Waals surface area contributed by atoms with E-state index in [1.54, 1.807) is 37.3 Å². The Morgan fingerprint density at radius 1 is 1.28 bits per heavy atom. The highest BCUT2D eigenvalue weighted by atomic mass is 31.2. The number of carbonyl (C=O) groups excluding carboxylic acids is 1. The third-order valence-electron chi connectivity index (χ3n) is 5.63. The molecule has 1 unspecified atom stereocenters. The van der Waals surface area contributed by atoms with Gasteiger partial charge in [0, 0.05) is 18.2 Å². The number of nitrogens with one attached hydrogen (secondary N) is 2. The summed E-state index contributed by atoms with van der Waals surface area (Å²) in [4.78, 5) is 38.0. The average molecular weight is 525 g/mol. The van der Waals surface area contributed by atoms with E-state index in [0.29, 0.717) is 6.42 Å². The van der Waals surface area contributed by atoms with Crippen molar-refractivity contribution >= 4 is 13.7 Å². The van der Waals surface area contributed by atoms with Gasteiger partial charge in [-0.15, -0.1) is 0 Å². The van der Waals surface area contributed by atoms with Crippen molar-refractivity contribution in [3.8, 4) is 5.75 Å². The van der Waals surface area contributed by atoms with Crippen molar-refractivity contribution in [2.75, 3.05) is 13.2 Å². The zero-order valence-corrected chi connectivity index (χ0v) is 21.3. The van der Waals surface area contributed by atoms with Gasteiger partial charge in [0.05, 0.1) is 19.3 Å². The first-order valence-electron chi connectivity index (χ1n) is 11.7. The molecular weight excluding hydrogens is 493 g/mol. The standard InChI is InChI=1S/C23H32N3O9P/c1-4-5-13-32-22(29)16(3)25-36(31,35-17-9-7-6-8-10-17)33-14-18-20(28)15(2)21(34-18)26-12-11-19(27)24-23(26)30/h6-12,15-16,18,20-21,28H,4-5,13-14H2,1-3H3,(H,25,31)(H,24,27,30)/t15-,16+,18+,20-,21+,36?/m0/s1.